The van der Waals surface area contributed by atoms with E-state index in [4.69, 9.17) is 9.84 Å². The summed E-state index contributed by atoms with van der Waals surface area (Å²) < 4.78 is 5.12. The van der Waals surface area contributed by atoms with E-state index in [0.29, 0.717) is 11.3 Å². The molecule has 98 valence electrons. The average Bonchev–Trinajstić information content (AvgIpc) is 2.26. The largest absolute Gasteiger partial charge is 0.496 e. The Morgan fingerprint density at radius 3 is 2.39 bits per heavy atom. The van der Waals surface area contributed by atoms with Gasteiger partial charge in [0.05, 0.1) is 13.5 Å². The zero-order chi connectivity index (χ0) is 13.9. The van der Waals surface area contributed by atoms with Crippen molar-refractivity contribution >= 4 is 11.8 Å². The smallest absolute Gasteiger partial charge is 0.304 e. The number of Topliss-reactive ketones (excluding diaryl/α,β-unsaturated/α-hetero) is 1. The van der Waals surface area contributed by atoms with Crippen molar-refractivity contribution in [1.29, 1.82) is 0 Å². The minimum Gasteiger partial charge on any atom is -0.496 e. The van der Waals surface area contributed by atoms with Crippen molar-refractivity contribution < 1.29 is 19.4 Å². The van der Waals surface area contributed by atoms with Gasteiger partial charge in [-0.15, -0.1) is 0 Å². The van der Waals surface area contributed by atoms with E-state index in [9.17, 15) is 9.59 Å². The molecule has 0 bridgehead atoms. The highest BCUT2D eigenvalue weighted by atomic mass is 16.5. The first-order valence-electron chi connectivity index (χ1n) is 5.69. The van der Waals surface area contributed by atoms with E-state index in [-0.39, 0.29) is 12.2 Å². The summed E-state index contributed by atoms with van der Waals surface area (Å²) in [7, 11) is 1.57. The summed E-state index contributed by atoms with van der Waals surface area (Å²) in [6, 6.07) is 5.11. The number of rotatable bonds is 5. The van der Waals surface area contributed by atoms with Gasteiger partial charge in [-0.2, -0.15) is 0 Å². The van der Waals surface area contributed by atoms with Gasteiger partial charge in [0.15, 0.2) is 5.78 Å². The second-order valence-corrected chi connectivity index (χ2v) is 4.97. The molecule has 0 aromatic heterocycles. The molecule has 4 nitrogen and oxygen atoms in total. The van der Waals surface area contributed by atoms with E-state index in [1.54, 1.807) is 39.2 Å². The Hall–Kier alpha value is -1.84. The molecule has 0 aliphatic rings. The van der Waals surface area contributed by atoms with Crippen molar-refractivity contribution in [3.63, 3.8) is 0 Å². The Kier molecular flexibility index (Phi) is 4.11. The molecule has 0 heterocycles. The highest BCUT2D eigenvalue weighted by molar-refractivity contribution is 6.01. The number of ketones is 1. The second-order valence-electron chi connectivity index (χ2n) is 4.97. The molecule has 0 unspecified atom stereocenters. The number of ether oxygens (including phenoxy) is 1. The summed E-state index contributed by atoms with van der Waals surface area (Å²) in [5.74, 6) is -0.433. The van der Waals surface area contributed by atoms with E-state index < -0.39 is 11.4 Å². The number of hydrogen-bond acceptors (Lipinski definition) is 3. The average molecular weight is 250 g/mol. The van der Waals surface area contributed by atoms with Crippen LogP contribution in [0.5, 0.6) is 5.75 Å². The third-order valence-electron chi connectivity index (χ3n) is 2.86. The third kappa shape index (κ3) is 3.09. The molecule has 0 saturated carbocycles. The minimum atomic E-state index is -0.974. The third-order valence-corrected chi connectivity index (χ3v) is 2.86. The van der Waals surface area contributed by atoms with Gasteiger partial charge in [0.25, 0.3) is 0 Å². The van der Waals surface area contributed by atoms with Gasteiger partial charge >= 0.3 is 5.97 Å². The van der Waals surface area contributed by atoms with Crippen LogP contribution >= 0.6 is 0 Å². The summed E-state index contributed by atoms with van der Waals surface area (Å²) >= 11 is 0. The van der Waals surface area contributed by atoms with Gasteiger partial charge in [0, 0.05) is 11.0 Å². The predicted molar refractivity (Wildman–Crippen MR) is 68.1 cm³/mol. The summed E-state index contributed by atoms with van der Waals surface area (Å²) in [6.07, 6.45) is -0.184. The number of aryl methyl sites for hydroxylation is 1. The number of aliphatic carboxylic acids is 1. The summed E-state index contributed by atoms with van der Waals surface area (Å²) in [6.45, 7) is 5.13. The van der Waals surface area contributed by atoms with Gasteiger partial charge in [0.1, 0.15) is 5.75 Å². The molecule has 0 aliphatic heterocycles. The molecular weight excluding hydrogens is 232 g/mol. The number of carbonyl (C=O) groups excluding carboxylic acids is 1. The number of benzene rings is 1. The Morgan fingerprint density at radius 2 is 1.94 bits per heavy atom. The molecule has 1 rings (SSSR count). The van der Waals surface area contributed by atoms with Crippen LogP contribution in [0.1, 0.15) is 36.2 Å². The molecule has 18 heavy (non-hydrogen) atoms. The van der Waals surface area contributed by atoms with Crippen molar-refractivity contribution in [3.05, 3.63) is 29.3 Å². The van der Waals surface area contributed by atoms with Gasteiger partial charge in [-0.1, -0.05) is 13.8 Å². The molecular formula is C14H18O4. The number of carboxylic acid groups (broad SMARTS) is 1. The van der Waals surface area contributed by atoms with Crippen LogP contribution in [0.2, 0.25) is 0 Å². The zero-order valence-corrected chi connectivity index (χ0v) is 11.1. The predicted octanol–water partition coefficient (Wildman–Crippen LogP) is 2.69. The van der Waals surface area contributed by atoms with Crippen LogP contribution in [0.15, 0.2) is 18.2 Å². The fourth-order valence-electron chi connectivity index (χ4n) is 1.87. The Bertz CT molecular complexity index is 475. The Labute approximate surface area is 107 Å². The molecule has 0 atom stereocenters. The molecule has 0 saturated heterocycles. The first-order valence-corrected chi connectivity index (χ1v) is 5.69. The summed E-state index contributed by atoms with van der Waals surface area (Å²) in [5.41, 5.74) is 0.460. The number of carbonyl (C=O) groups is 2. The van der Waals surface area contributed by atoms with Gasteiger partial charge < -0.3 is 9.84 Å². The molecule has 1 N–H and O–H groups in total. The van der Waals surface area contributed by atoms with Gasteiger partial charge in [-0.3, -0.25) is 9.59 Å². The molecule has 0 aliphatic carbocycles. The standard InChI is InChI=1S/C14H18O4/c1-9-7-10(5-6-11(9)18-4)13(17)14(2,3)8-12(15)16/h5-7H,8H2,1-4H3,(H,15,16). The normalized spacial score (nSPS) is 11.1. The Morgan fingerprint density at radius 1 is 1.33 bits per heavy atom. The van der Waals surface area contributed by atoms with Crippen molar-refractivity contribution in [2.45, 2.75) is 27.2 Å². The number of hydrogen-bond donors (Lipinski definition) is 1. The quantitative estimate of drug-likeness (QED) is 0.816. The SMILES string of the molecule is COc1ccc(C(=O)C(C)(C)CC(=O)O)cc1C. The molecule has 1 aromatic rings. The lowest BCUT2D eigenvalue weighted by atomic mass is 9.81. The minimum absolute atomic E-state index is 0.171. The van der Waals surface area contributed by atoms with Crippen molar-refractivity contribution in [1.82, 2.24) is 0 Å². The van der Waals surface area contributed by atoms with Crippen LogP contribution in [0.25, 0.3) is 0 Å². The molecule has 1 aromatic carbocycles. The van der Waals surface area contributed by atoms with Crippen molar-refractivity contribution in [2.75, 3.05) is 7.11 Å². The van der Waals surface area contributed by atoms with Gasteiger partial charge in [-0.25, -0.2) is 0 Å². The van der Waals surface area contributed by atoms with Crippen molar-refractivity contribution in [3.8, 4) is 5.75 Å². The lowest BCUT2D eigenvalue weighted by Gasteiger charge is -2.21. The first-order chi connectivity index (χ1) is 8.27. The van der Waals surface area contributed by atoms with Gasteiger partial charge in [0.2, 0.25) is 0 Å². The van der Waals surface area contributed by atoms with Crippen LogP contribution < -0.4 is 4.74 Å². The number of carboxylic acids is 1. The molecule has 0 spiro atoms. The maximum Gasteiger partial charge on any atom is 0.304 e. The highest BCUT2D eigenvalue weighted by Crippen LogP contribution is 2.28. The van der Waals surface area contributed by atoms with Crippen LogP contribution in [0.3, 0.4) is 0 Å². The van der Waals surface area contributed by atoms with E-state index >= 15 is 0 Å². The molecule has 4 heteroatoms. The van der Waals surface area contributed by atoms with Crippen LogP contribution in [0, 0.1) is 12.3 Å². The van der Waals surface area contributed by atoms with Gasteiger partial charge in [-0.05, 0) is 30.7 Å². The fourth-order valence-corrected chi connectivity index (χ4v) is 1.87. The van der Waals surface area contributed by atoms with E-state index in [0.717, 1.165) is 5.56 Å². The first kappa shape index (κ1) is 14.2. The van der Waals surface area contributed by atoms with Crippen molar-refractivity contribution in [2.24, 2.45) is 5.41 Å². The topological polar surface area (TPSA) is 63.6 Å². The lowest BCUT2D eigenvalue weighted by Crippen LogP contribution is -2.27. The van der Waals surface area contributed by atoms with E-state index in [2.05, 4.69) is 0 Å². The zero-order valence-electron chi connectivity index (χ0n) is 11.1. The lowest BCUT2D eigenvalue weighted by molar-refractivity contribution is -0.138. The highest BCUT2D eigenvalue weighted by Gasteiger charge is 2.31. The summed E-state index contributed by atoms with van der Waals surface area (Å²) in [5, 5.41) is 8.81. The van der Waals surface area contributed by atoms with Crippen LogP contribution in [0.4, 0.5) is 0 Å². The summed E-state index contributed by atoms with van der Waals surface area (Å²) in [4.78, 5) is 23.0. The monoisotopic (exact) mass is 250 g/mol. The fraction of sp³-hybridized carbons (Fsp3) is 0.429. The number of methoxy groups -OCH3 is 1. The van der Waals surface area contributed by atoms with Crippen LogP contribution in [-0.4, -0.2) is 24.0 Å². The maximum absolute atomic E-state index is 12.2. The van der Waals surface area contributed by atoms with E-state index in [1.165, 1.54) is 0 Å². The maximum atomic E-state index is 12.2. The molecule has 0 fully saturated rings. The van der Waals surface area contributed by atoms with E-state index in [1.807, 2.05) is 6.92 Å². The molecule has 0 radical (unpaired) electrons. The Balaban J connectivity index is 3.04. The molecule has 0 amide bonds. The van der Waals surface area contributed by atoms with Crippen LogP contribution in [-0.2, 0) is 4.79 Å². The second kappa shape index (κ2) is 5.21.